The first-order valence-corrected chi connectivity index (χ1v) is 1.68. The average molecular weight is 103 g/mol. The van der Waals surface area contributed by atoms with Crippen LogP contribution in [-0.4, -0.2) is 11.0 Å². The summed E-state index contributed by atoms with van der Waals surface area (Å²) in [6.07, 6.45) is 0. The van der Waals surface area contributed by atoms with Gasteiger partial charge in [-0.05, 0) is 0 Å². The van der Waals surface area contributed by atoms with E-state index in [1.54, 1.807) is 0 Å². The third-order valence-corrected chi connectivity index (χ3v) is 0.158. The van der Waals surface area contributed by atoms with Crippen molar-refractivity contribution in [1.29, 1.82) is 0 Å². The first-order chi connectivity index (χ1) is 1.91. The van der Waals surface area contributed by atoms with Gasteiger partial charge in [-0.25, -0.2) is 0 Å². The fourth-order valence-electron chi connectivity index (χ4n) is 0. The molecule has 0 atom stereocenters. The van der Waals surface area contributed by atoms with E-state index >= 15 is 0 Å². The van der Waals surface area contributed by atoms with E-state index in [2.05, 4.69) is 0 Å². The summed E-state index contributed by atoms with van der Waals surface area (Å²) >= 11 is 0.162. The van der Waals surface area contributed by atoms with E-state index in [1.807, 2.05) is 0 Å². The van der Waals surface area contributed by atoms with E-state index in [9.17, 15) is 0 Å². The maximum atomic E-state index is 8.97. The zero-order valence-corrected chi connectivity index (χ0v) is 5.79. The Morgan fingerprint density at radius 1 is 2.00 bits per heavy atom. The van der Waals surface area contributed by atoms with Gasteiger partial charge < -0.3 is 6.53 Å². The van der Waals surface area contributed by atoms with Crippen molar-refractivity contribution in [3.05, 3.63) is 0 Å². The Labute approximate surface area is 57.8 Å². The molecule has 0 aliphatic heterocycles. The molecule has 4 heteroatoms. The van der Waals surface area contributed by atoms with Crippen LogP contribution in [0, 0.1) is 0 Å². The van der Waals surface area contributed by atoms with Crippen molar-refractivity contribution >= 4 is 11.7 Å². The number of hydrogen-bond donors (Lipinski definition) is 1. The van der Waals surface area contributed by atoms with E-state index in [-0.39, 0.29) is 48.6 Å². The molecule has 0 spiro atoms. The molecule has 0 aliphatic rings. The van der Waals surface area contributed by atoms with Gasteiger partial charge in [0.25, 0.3) is 0 Å². The Kier molecular flexibility index (Phi) is 16.6. The van der Waals surface area contributed by atoms with Gasteiger partial charge in [-0.2, -0.15) is 0 Å². The molecule has 5 heavy (non-hydrogen) atoms. The molecular formula is CH4NaO2S+. The van der Waals surface area contributed by atoms with Crippen LogP contribution in [0.3, 0.4) is 0 Å². The number of hydrogen-bond acceptors (Lipinski definition) is 2. The van der Waals surface area contributed by atoms with Gasteiger partial charge >= 0.3 is 47.2 Å². The van der Waals surface area contributed by atoms with Crippen LogP contribution in [0.2, 0.25) is 0 Å². The molecule has 0 saturated heterocycles. The molecule has 0 aliphatic carbocycles. The number of aliphatic hydroxyl groups is 1. The van der Waals surface area contributed by atoms with Gasteiger partial charge in [0.2, 0.25) is 0 Å². The number of rotatable bonds is 1. The molecular weight excluding hydrogens is 99.1 g/mol. The van der Waals surface area contributed by atoms with Crippen LogP contribution in [0.15, 0.2) is 0 Å². The molecule has 0 saturated carbocycles. The summed E-state index contributed by atoms with van der Waals surface area (Å²) in [6, 6.07) is 0. The molecule has 26 valence electrons. The molecule has 0 unspecified atom stereocenters. The zero-order valence-electron chi connectivity index (χ0n) is 3.97. The molecule has 0 amide bonds. The standard InChI is InChI=1S/CH3O2S.Na.H/c2-1-4-3;;/h2H,1H2;;/q2*+1;-1. The first kappa shape index (κ1) is 9.36. The van der Waals surface area contributed by atoms with Gasteiger partial charge in [0.1, 0.15) is 0 Å². The Balaban J connectivity index is -0.0000000450. The summed E-state index contributed by atoms with van der Waals surface area (Å²) in [4.78, 5) is 0. The van der Waals surface area contributed by atoms with Crippen LogP contribution in [0.25, 0.3) is 0 Å². The van der Waals surface area contributed by atoms with Crippen LogP contribution < -0.4 is 29.6 Å². The van der Waals surface area contributed by atoms with Crippen LogP contribution in [-0.2, 0) is 15.9 Å². The summed E-state index contributed by atoms with van der Waals surface area (Å²) in [5, 5.41) is 7.53. The quantitative estimate of drug-likeness (QED) is 0.212. The monoisotopic (exact) mass is 103 g/mol. The second-order valence-corrected chi connectivity index (χ2v) is 0.741. The van der Waals surface area contributed by atoms with Gasteiger partial charge in [-0.15, -0.1) is 0 Å². The second-order valence-electron chi connectivity index (χ2n) is 0.247. The molecule has 0 aromatic heterocycles. The minimum absolute atomic E-state index is 0. The molecule has 2 nitrogen and oxygen atoms in total. The minimum Gasteiger partial charge on any atom is -1.00 e. The predicted molar refractivity (Wildman–Crippen MR) is 16.2 cm³/mol. The molecule has 0 radical (unpaired) electrons. The molecule has 0 rings (SSSR count). The van der Waals surface area contributed by atoms with E-state index in [0.29, 0.717) is 0 Å². The molecule has 0 bridgehead atoms. The predicted octanol–water partition coefficient (Wildman–Crippen LogP) is -3.52. The third kappa shape index (κ3) is 11.3. The second kappa shape index (κ2) is 8.88. The van der Waals surface area contributed by atoms with E-state index in [1.165, 1.54) is 0 Å². The van der Waals surface area contributed by atoms with Crippen LogP contribution in [0.1, 0.15) is 1.43 Å². The molecule has 0 fully saturated rings. The van der Waals surface area contributed by atoms with E-state index in [4.69, 9.17) is 9.32 Å². The van der Waals surface area contributed by atoms with E-state index < -0.39 is 0 Å². The summed E-state index contributed by atoms with van der Waals surface area (Å²) in [7, 11) is 0. The summed E-state index contributed by atoms with van der Waals surface area (Å²) in [5.41, 5.74) is 0. The number of aliphatic hydroxyl groups excluding tert-OH is 1. The maximum absolute atomic E-state index is 8.97. The van der Waals surface area contributed by atoms with E-state index in [0.717, 1.165) is 0 Å². The van der Waals surface area contributed by atoms with Gasteiger partial charge in [-0.1, -0.05) is 0 Å². The van der Waals surface area contributed by atoms with Crippen molar-refractivity contribution in [2.45, 2.75) is 0 Å². The summed E-state index contributed by atoms with van der Waals surface area (Å²) in [5.74, 6) is -0.319. The minimum atomic E-state index is -0.319. The Hall–Kier alpha value is 0.980. The van der Waals surface area contributed by atoms with Crippen molar-refractivity contribution in [3.8, 4) is 0 Å². The van der Waals surface area contributed by atoms with Gasteiger partial charge in [0.15, 0.2) is 0 Å². The largest absolute Gasteiger partial charge is 1.00 e. The van der Waals surface area contributed by atoms with Crippen molar-refractivity contribution < 1.29 is 40.3 Å². The smallest absolute Gasteiger partial charge is 1.00 e. The van der Waals surface area contributed by atoms with Crippen LogP contribution >= 0.6 is 0 Å². The fourth-order valence-corrected chi connectivity index (χ4v) is 0. The normalized spacial score (nSPS) is 5.00. The molecule has 0 aromatic carbocycles. The van der Waals surface area contributed by atoms with Crippen molar-refractivity contribution in [2.75, 3.05) is 5.94 Å². The average Bonchev–Trinajstić information content (AvgIpc) is 1.37. The Bertz CT molecular complexity index is 27.5. The third-order valence-electron chi connectivity index (χ3n) is 0.0527. The summed E-state index contributed by atoms with van der Waals surface area (Å²) in [6.45, 7) is 0. The SMILES string of the molecule is O=[S+]CO.[H-].[Na+]. The molecule has 1 N–H and O–H groups in total. The topological polar surface area (TPSA) is 37.3 Å². The van der Waals surface area contributed by atoms with Gasteiger partial charge in [0, 0.05) is 4.21 Å². The first-order valence-electron chi connectivity index (χ1n) is 0.772. The maximum Gasteiger partial charge on any atom is 1.00 e. The van der Waals surface area contributed by atoms with Crippen molar-refractivity contribution in [2.24, 2.45) is 0 Å². The van der Waals surface area contributed by atoms with Crippen molar-refractivity contribution in [1.82, 2.24) is 0 Å². The van der Waals surface area contributed by atoms with Crippen LogP contribution in [0.4, 0.5) is 0 Å². The summed E-state index contributed by atoms with van der Waals surface area (Å²) < 4.78 is 8.97. The van der Waals surface area contributed by atoms with Gasteiger partial charge in [-0.3, -0.25) is 0 Å². The molecule has 0 aromatic rings. The van der Waals surface area contributed by atoms with Gasteiger partial charge in [0.05, 0.1) is 0 Å². The zero-order chi connectivity index (χ0) is 3.41. The Morgan fingerprint density at radius 3 is 2.20 bits per heavy atom. The van der Waals surface area contributed by atoms with Crippen molar-refractivity contribution in [3.63, 3.8) is 0 Å². The Morgan fingerprint density at radius 2 is 2.20 bits per heavy atom. The van der Waals surface area contributed by atoms with Crippen LogP contribution in [0.5, 0.6) is 0 Å². The fraction of sp³-hybridized carbons (Fsp3) is 1.00. The molecule has 0 heterocycles.